The Kier molecular flexibility index (Phi) is 4.26. The van der Waals surface area contributed by atoms with E-state index in [1.54, 1.807) is 0 Å². The van der Waals surface area contributed by atoms with E-state index in [0.29, 0.717) is 12.8 Å². The Labute approximate surface area is 115 Å². The molecule has 20 heavy (non-hydrogen) atoms. The fraction of sp³-hybridized carbons (Fsp3) is 0.500. The Morgan fingerprint density at radius 3 is 2.65 bits per heavy atom. The van der Waals surface area contributed by atoms with Crippen molar-refractivity contribution in [1.82, 2.24) is 4.72 Å². The highest BCUT2D eigenvalue weighted by atomic mass is 32.2. The number of hydrogen-bond acceptors (Lipinski definition) is 4. The third-order valence-electron chi connectivity index (χ3n) is 3.54. The molecule has 2 atom stereocenters. The van der Waals surface area contributed by atoms with Gasteiger partial charge < -0.3 is 10.8 Å². The summed E-state index contributed by atoms with van der Waals surface area (Å²) < 4.78 is 52.9. The summed E-state index contributed by atoms with van der Waals surface area (Å²) in [6.45, 7) is 0.0141. The summed E-state index contributed by atoms with van der Waals surface area (Å²) in [5, 5.41) is 9.61. The highest BCUT2D eigenvalue weighted by molar-refractivity contribution is 7.89. The van der Waals surface area contributed by atoms with E-state index in [2.05, 4.69) is 4.72 Å². The molecular formula is C12H16F2N2O3S. The summed E-state index contributed by atoms with van der Waals surface area (Å²) in [7, 11) is -4.12. The van der Waals surface area contributed by atoms with Crippen LogP contribution in [-0.2, 0) is 10.0 Å². The Morgan fingerprint density at radius 2 is 2.05 bits per heavy atom. The number of hydrogen-bond donors (Lipinski definition) is 3. The molecule has 1 aliphatic rings. The van der Waals surface area contributed by atoms with E-state index >= 15 is 0 Å². The SMILES string of the molecule is Nc1c(F)ccc(S(=O)(=O)NCC2CCCC2O)c1F. The van der Waals surface area contributed by atoms with Gasteiger partial charge in [-0.15, -0.1) is 0 Å². The van der Waals surface area contributed by atoms with Crippen molar-refractivity contribution in [3.63, 3.8) is 0 Å². The second-order valence-electron chi connectivity index (χ2n) is 4.88. The molecule has 0 aliphatic heterocycles. The summed E-state index contributed by atoms with van der Waals surface area (Å²) in [6.07, 6.45) is 1.61. The number of aliphatic hydroxyl groups excluding tert-OH is 1. The van der Waals surface area contributed by atoms with Gasteiger partial charge in [-0.3, -0.25) is 0 Å². The van der Waals surface area contributed by atoms with Gasteiger partial charge in [0.15, 0.2) is 5.82 Å². The average Bonchev–Trinajstić information content (AvgIpc) is 2.79. The molecule has 0 heterocycles. The van der Waals surface area contributed by atoms with E-state index in [0.717, 1.165) is 18.6 Å². The third kappa shape index (κ3) is 2.92. The minimum Gasteiger partial charge on any atom is -0.394 e. The second-order valence-corrected chi connectivity index (χ2v) is 6.62. The van der Waals surface area contributed by atoms with Crippen molar-refractivity contribution in [3.05, 3.63) is 23.8 Å². The maximum atomic E-state index is 13.7. The second kappa shape index (κ2) is 5.63. The summed E-state index contributed by atoms with van der Waals surface area (Å²) >= 11 is 0. The Hall–Kier alpha value is -1.25. The lowest BCUT2D eigenvalue weighted by Gasteiger charge is -2.15. The zero-order chi connectivity index (χ0) is 14.9. The minimum absolute atomic E-state index is 0.0141. The lowest BCUT2D eigenvalue weighted by atomic mass is 10.1. The molecule has 112 valence electrons. The topological polar surface area (TPSA) is 92.4 Å². The van der Waals surface area contributed by atoms with Crippen molar-refractivity contribution in [3.8, 4) is 0 Å². The van der Waals surface area contributed by atoms with Gasteiger partial charge in [-0.2, -0.15) is 0 Å². The monoisotopic (exact) mass is 306 g/mol. The third-order valence-corrected chi connectivity index (χ3v) is 4.98. The van der Waals surface area contributed by atoms with E-state index in [4.69, 9.17) is 5.73 Å². The van der Waals surface area contributed by atoms with Crippen LogP contribution in [-0.4, -0.2) is 26.2 Å². The number of halogens is 2. The van der Waals surface area contributed by atoms with Crippen LogP contribution in [0.15, 0.2) is 17.0 Å². The molecule has 5 nitrogen and oxygen atoms in total. The maximum absolute atomic E-state index is 13.7. The van der Waals surface area contributed by atoms with E-state index in [1.807, 2.05) is 0 Å². The van der Waals surface area contributed by atoms with Crippen LogP contribution in [0.5, 0.6) is 0 Å². The Balaban J connectivity index is 2.16. The van der Waals surface area contributed by atoms with Crippen molar-refractivity contribution < 1.29 is 22.3 Å². The summed E-state index contributed by atoms with van der Waals surface area (Å²) in [5.41, 5.74) is 4.31. The molecule has 0 amide bonds. The number of benzene rings is 1. The van der Waals surface area contributed by atoms with Crippen LogP contribution in [0.1, 0.15) is 19.3 Å². The van der Waals surface area contributed by atoms with Crippen LogP contribution in [0.2, 0.25) is 0 Å². The van der Waals surface area contributed by atoms with Crippen molar-refractivity contribution in [2.45, 2.75) is 30.3 Å². The number of anilines is 1. The number of sulfonamides is 1. The lowest BCUT2D eigenvalue weighted by molar-refractivity contribution is 0.134. The molecule has 0 aromatic heterocycles. The first-order valence-corrected chi connectivity index (χ1v) is 7.72. The highest BCUT2D eigenvalue weighted by Crippen LogP contribution is 2.26. The molecule has 2 unspecified atom stereocenters. The Morgan fingerprint density at radius 1 is 1.35 bits per heavy atom. The molecule has 1 saturated carbocycles. The van der Waals surface area contributed by atoms with E-state index < -0.39 is 38.3 Å². The molecule has 1 aromatic rings. The lowest BCUT2D eigenvalue weighted by Crippen LogP contribution is -2.33. The van der Waals surface area contributed by atoms with Gasteiger partial charge in [0.1, 0.15) is 16.4 Å². The van der Waals surface area contributed by atoms with E-state index in [-0.39, 0.29) is 12.5 Å². The van der Waals surface area contributed by atoms with Gasteiger partial charge >= 0.3 is 0 Å². The first-order valence-electron chi connectivity index (χ1n) is 6.24. The standard InChI is InChI=1S/C12H16F2N2O3S/c13-8-4-5-10(11(14)12(8)15)20(18,19)16-6-7-2-1-3-9(7)17/h4-5,7,9,16-17H,1-3,6,15H2. The van der Waals surface area contributed by atoms with Crippen LogP contribution in [0.25, 0.3) is 0 Å². The predicted molar refractivity (Wildman–Crippen MR) is 69.3 cm³/mol. The predicted octanol–water partition coefficient (Wildman–Crippen LogP) is 0.986. The Bertz CT molecular complexity index is 607. The molecule has 8 heteroatoms. The van der Waals surface area contributed by atoms with Crippen molar-refractivity contribution >= 4 is 15.7 Å². The van der Waals surface area contributed by atoms with E-state index in [9.17, 15) is 22.3 Å². The molecule has 0 spiro atoms. The number of nitrogens with two attached hydrogens (primary N) is 1. The molecule has 0 radical (unpaired) electrons. The molecule has 4 N–H and O–H groups in total. The molecule has 2 rings (SSSR count). The van der Waals surface area contributed by atoms with Gasteiger partial charge in [0.05, 0.1) is 6.10 Å². The summed E-state index contributed by atoms with van der Waals surface area (Å²) in [4.78, 5) is -0.691. The van der Waals surface area contributed by atoms with Crippen LogP contribution in [0, 0.1) is 17.6 Å². The fourth-order valence-corrected chi connectivity index (χ4v) is 3.49. The normalized spacial score (nSPS) is 23.1. The molecular weight excluding hydrogens is 290 g/mol. The van der Waals surface area contributed by atoms with Gasteiger partial charge in [0, 0.05) is 6.54 Å². The molecule has 0 bridgehead atoms. The largest absolute Gasteiger partial charge is 0.394 e. The zero-order valence-electron chi connectivity index (χ0n) is 10.6. The number of nitrogens with one attached hydrogen (secondary N) is 1. The van der Waals surface area contributed by atoms with Crippen molar-refractivity contribution in [2.75, 3.05) is 12.3 Å². The van der Waals surface area contributed by atoms with E-state index in [1.165, 1.54) is 0 Å². The van der Waals surface area contributed by atoms with Crippen LogP contribution in [0.3, 0.4) is 0 Å². The van der Waals surface area contributed by atoms with Crippen LogP contribution < -0.4 is 10.5 Å². The molecule has 1 fully saturated rings. The first-order chi connectivity index (χ1) is 9.33. The smallest absolute Gasteiger partial charge is 0.243 e. The quantitative estimate of drug-likeness (QED) is 0.723. The zero-order valence-corrected chi connectivity index (χ0v) is 11.5. The minimum atomic E-state index is -4.12. The van der Waals surface area contributed by atoms with Gasteiger partial charge in [-0.1, -0.05) is 6.42 Å². The number of aliphatic hydroxyl groups is 1. The summed E-state index contributed by atoms with van der Waals surface area (Å²) in [6, 6.07) is 1.63. The van der Waals surface area contributed by atoms with Crippen molar-refractivity contribution in [1.29, 1.82) is 0 Å². The van der Waals surface area contributed by atoms with Gasteiger partial charge in [-0.25, -0.2) is 21.9 Å². The molecule has 0 saturated heterocycles. The average molecular weight is 306 g/mol. The maximum Gasteiger partial charge on any atom is 0.243 e. The van der Waals surface area contributed by atoms with Crippen molar-refractivity contribution in [2.24, 2.45) is 5.92 Å². The van der Waals surface area contributed by atoms with Gasteiger partial charge in [0.25, 0.3) is 0 Å². The number of nitrogen functional groups attached to an aromatic ring is 1. The van der Waals surface area contributed by atoms with Gasteiger partial charge in [-0.05, 0) is 30.9 Å². The molecule has 1 aromatic carbocycles. The number of rotatable bonds is 4. The first kappa shape index (κ1) is 15.1. The van der Waals surface area contributed by atoms with Gasteiger partial charge in [0.2, 0.25) is 10.0 Å². The highest BCUT2D eigenvalue weighted by Gasteiger charge is 2.28. The van der Waals surface area contributed by atoms with Crippen LogP contribution in [0.4, 0.5) is 14.5 Å². The van der Waals surface area contributed by atoms with Crippen LogP contribution >= 0.6 is 0 Å². The summed E-state index contributed by atoms with van der Waals surface area (Å²) in [5.74, 6) is -2.50. The fourth-order valence-electron chi connectivity index (χ4n) is 2.31. The molecule has 1 aliphatic carbocycles.